The van der Waals surface area contributed by atoms with Crippen LogP contribution in [0.2, 0.25) is 0 Å². The zero-order chi connectivity index (χ0) is 13.7. The highest BCUT2D eigenvalue weighted by molar-refractivity contribution is 7.86. The van der Waals surface area contributed by atoms with Crippen LogP contribution in [0.5, 0.6) is 0 Å². The zero-order valence-corrected chi connectivity index (χ0v) is 11.2. The normalized spacial score (nSPS) is 11.6. The Hall–Kier alpha value is -2.14. The summed E-state index contributed by atoms with van der Waals surface area (Å²) >= 11 is 0. The number of hydrogen-bond donors (Lipinski definition) is 2. The molecule has 2 rings (SSSR count). The van der Waals surface area contributed by atoms with E-state index in [1.54, 1.807) is 24.3 Å². The molecular formula is C14H14N2O2S. The highest BCUT2D eigenvalue weighted by atomic mass is 32.2. The molecule has 2 N–H and O–H groups in total. The van der Waals surface area contributed by atoms with E-state index in [1.807, 2.05) is 31.2 Å². The first-order valence-corrected chi connectivity index (χ1v) is 6.89. The molecule has 19 heavy (non-hydrogen) atoms. The van der Waals surface area contributed by atoms with Crippen LogP contribution in [0.3, 0.4) is 0 Å². The summed E-state index contributed by atoms with van der Waals surface area (Å²) in [4.78, 5) is 11.0. The first-order valence-electron chi connectivity index (χ1n) is 5.74. The summed E-state index contributed by atoms with van der Waals surface area (Å²) in [5.74, 6) is 0. The van der Waals surface area contributed by atoms with Gasteiger partial charge in [0.25, 0.3) is 0 Å². The van der Waals surface area contributed by atoms with Crippen LogP contribution in [0.25, 0.3) is 0 Å². The molecule has 0 aromatic heterocycles. The van der Waals surface area contributed by atoms with Crippen molar-refractivity contribution in [1.29, 1.82) is 0 Å². The second-order valence-electron chi connectivity index (χ2n) is 4.03. The second-order valence-corrected chi connectivity index (χ2v) is 5.24. The van der Waals surface area contributed by atoms with Crippen molar-refractivity contribution in [2.24, 2.45) is 0 Å². The number of rotatable bonds is 5. The van der Waals surface area contributed by atoms with Gasteiger partial charge in [-0.05, 0) is 42.8 Å². The fraction of sp³-hybridized carbons (Fsp3) is 0.0714. The van der Waals surface area contributed by atoms with E-state index < -0.39 is 11.0 Å². The second kappa shape index (κ2) is 6.15. The Labute approximate surface area is 114 Å². The molecule has 0 bridgehead atoms. The predicted octanol–water partition coefficient (Wildman–Crippen LogP) is 2.70. The summed E-state index contributed by atoms with van der Waals surface area (Å²) in [5.41, 5.74) is 2.51. The van der Waals surface area contributed by atoms with Gasteiger partial charge in [-0.15, -0.1) is 0 Å². The third-order valence-corrected chi connectivity index (χ3v) is 3.61. The molecule has 1 atom stereocenters. The molecule has 4 nitrogen and oxygen atoms in total. The van der Waals surface area contributed by atoms with E-state index in [2.05, 4.69) is 10.0 Å². The highest BCUT2D eigenvalue weighted by Gasteiger charge is 2.05. The number of amides is 1. The highest BCUT2D eigenvalue weighted by Crippen LogP contribution is 2.17. The third kappa shape index (κ3) is 3.66. The number of aryl methyl sites for hydroxylation is 1. The van der Waals surface area contributed by atoms with Crippen molar-refractivity contribution in [2.75, 3.05) is 10.0 Å². The molecule has 2 aromatic carbocycles. The minimum Gasteiger partial charge on any atom is -0.329 e. The molecule has 1 unspecified atom stereocenters. The molecule has 0 spiro atoms. The van der Waals surface area contributed by atoms with E-state index in [-0.39, 0.29) is 0 Å². The minimum atomic E-state index is -1.36. The number of carbonyl (C=O) groups is 1. The number of hydrogen-bond acceptors (Lipinski definition) is 2. The molecule has 0 heterocycles. The van der Waals surface area contributed by atoms with E-state index >= 15 is 0 Å². The SMILES string of the molecule is Cc1cccc(NS(=O)c2cccc(NC=O)c2)c1. The van der Waals surface area contributed by atoms with E-state index in [0.717, 1.165) is 11.3 Å². The van der Waals surface area contributed by atoms with Crippen LogP contribution in [0, 0.1) is 6.92 Å². The number of anilines is 2. The first-order chi connectivity index (χ1) is 9.19. The van der Waals surface area contributed by atoms with E-state index in [9.17, 15) is 9.00 Å². The molecule has 0 saturated carbocycles. The van der Waals surface area contributed by atoms with Gasteiger partial charge in [-0.3, -0.25) is 4.79 Å². The Morgan fingerprint density at radius 3 is 2.53 bits per heavy atom. The summed E-state index contributed by atoms with van der Waals surface area (Å²) in [6.45, 7) is 1.97. The van der Waals surface area contributed by atoms with Crippen LogP contribution in [0.1, 0.15) is 5.56 Å². The van der Waals surface area contributed by atoms with Gasteiger partial charge < -0.3 is 10.0 Å². The molecule has 0 aliphatic rings. The maximum atomic E-state index is 12.2. The van der Waals surface area contributed by atoms with Crippen molar-refractivity contribution < 1.29 is 9.00 Å². The van der Waals surface area contributed by atoms with Crippen LogP contribution in [0.15, 0.2) is 53.4 Å². The summed E-state index contributed by atoms with van der Waals surface area (Å²) < 4.78 is 15.1. The Kier molecular flexibility index (Phi) is 4.30. The van der Waals surface area contributed by atoms with E-state index in [0.29, 0.717) is 17.0 Å². The van der Waals surface area contributed by atoms with E-state index in [4.69, 9.17) is 0 Å². The number of carbonyl (C=O) groups excluding carboxylic acids is 1. The maximum absolute atomic E-state index is 12.2. The van der Waals surface area contributed by atoms with Gasteiger partial charge in [0, 0.05) is 11.4 Å². The van der Waals surface area contributed by atoms with Crippen molar-refractivity contribution in [2.45, 2.75) is 11.8 Å². The standard InChI is InChI=1S/C14H14N2O2S/c1-11-4-2-6-13(8-11)16-19(18)14-7-3-5-12(9-14)15-10-17/h2-10,16H,1H3,(H,15,17). The third-order valence-electron chi connectivity index (χ3n) is 2.50. The fourth-order valence-corrected chi connectivity index (χ4v) is 2.54. The quantitative estimate of drug-likeness (QED) is 0.824. The predicted molar refractivity (Wildman–Crippen MR) is 77.3 cm³/mol. The summed E-state index contributed by atoms with van der Waals surface area (Å²) in [7, 11) is -1.36. The van der Waals surface area contributed by atoms with Gasteiger partial charge in [-0.2, -0.15) is 0 Å². The van der Waals surface area contributed by atoms with Crippen LogP contribution in [-0.2, 0) is 15.8 Å². The lowest BCUT2D eigenvalue weighted by molar-refractivity contribution is -0.105. The lowest BCUT2D eigenvalue weighted by Crippen LogP contribution is -2.05. The topological polar surface area (TPSA) is 58.2 Å². The maximum Gasteiger partial charge on any atom is 0.211 e. The van der Waals surface area contributed by atoms with Gasteiger partial charge in [0.2, 0.25) is 6.41 Å². The first kappa shape index (κ1) is 13.3. The van der Waals surface area contributed by atoms with Crippen LogP contribution >= 0.6 is 0 Å². The van der Waals surface area contributed by atoms with E-state index in [1.165, 1.54) is 0 Å². The molecular weight excluding hydrogens is 260 g/mol. The molecule has 0 saturated heterocycles. The lowest BCUT2D eigenvalue weighted by atomic mass is 10.2. The molecule has 2 aromatic rings. The van der Waals surface area contributed by atoms with Crippen LogP contribution in [-0.4, -0.2) is 10.6 Å². The average Bonchev–Trinajstić information content (AvgIpc) is 2.39. The smallest absolute Gasteiger partial charge is 0.211 e. The van der Waals surface area contributed by atoms with Crippen LogP contribution < -0.4 is 10.0 Å². The molecule has 0 aliphatic heterocycles. The Morgan fingerprint density at radius 1 is 1.05 bits per heavy atom. The molecule has 5 heteroatoms. The van der Waals surface area contributed by atoms with Gasteiger partial charge in [-0.1, -0.05) is 18.2 Å². The summed E-state index contributed by atoms with van der Waals surface area (Å²) in [5, 5.41) is 2.53. The van der Waals surface area contributed by atoms with Gasteiger partial charge in [-0.25, -0.2) is 4.21 Å². The van der Waals surface area contributed by atoms with Crippen molar-refractivity contribution in [3.63, 3.8) is 0 Å². The van der Waals surface area contributed by atoms with Gasteiger partial charge >= 0.3 is 0 Å². The van der Waals surface area contributed by atoms with Crippen molar-refractivity contribution >= 4 is 28.8 Å². The summed E-state index contributed by atoms with van der Waals surface area (Å²) in [6, 6.07) is 14.6. The van der Waals surface area contributed by atoms with Crippen molar-refractivity contribution in [3.05, 3.63) is 54.1 Å². The largest absolute Gasteiger partial charge is 0.329 e. The molecule has 0 fully saturated rings. The lowest BCUT2D eigenvalue weighted by Gasteiger charge is -2.08. The minimum absolute atomic E-state index is 0.593. The fourth-order valence-electron chi connectivity index (χ4n) is 1.64. The summed E-state index contributed by atoms with van der Waals surface area (Å²) in [6.07, 6.45) is 0.593. The molecule has 0 radical (unpaired) electrons. The Bertz CT molecular complexity index is 614. The average molecular weight is 274 g/mol. The van der Waals surface area contributed by atoms with Crippen LogP contribution in [0.4, 0.5) is 11.4 Å². The Balaban J connectivity index is 2.15. The zero-order valence-electron chi connectivity index (χ0n) is 10.4. The number of benzene rings is 2. The molecule has 1 amide bonds. The number of nitrogens with one attached hydrogen (secondary N) is 2. The molecule has 0 aliphatic carbocycles. The van der Waals surface area contributed by atoms with Gasteiger partial charge in [0.1, 0.15) is 11.0 Å². The van der Waals surface area contributed by atoms with Gasteiger partial charge in [0.15, 0.2) is 0 Å². The van der Waals surface area contributed by atoms with Crippen molar-refractivity contribution in [3.8, 4) is 0 Å². The monoisotopic (exact) mass is 274 g/mol. The molecule has 98 valence electrons. The van der Waals surface area contributed by atoms with Gasteiger partial charge in [0.05, 0.1) is 4.90 Å². The Morgan fingerprint density at radius 2 is 1.79 bits per heavy atom. The van der Waals surface area contributed by atoms with Crippen molar-refractivity contribution in [1.82, 2.24) is 0 Å².